The molecule has 0 saturated carbocycles. The summed E-state index contributed by atoms with van der Waals surface area (Å²) in [7, 11) is 0. The number of carbonyl (C=O) groups is 1. The molecular weight excluding hydrogens is 375 g/mol. The van der Waals surface area contributed by atoms with Crippen molar-refractivity contribution in [3.63, 3.8) is 0 Å². The van der Waals surface area contributed by atoms with Crippen LogP contribution < -0.4 is 5.32 Å². The molecule has 0 spiro atoms. The van der Waals surface area contributed by atoms with Gasteiger partial charge in [0.25, 0.3) is 5.91 Å². The van der Waals surface area contributed by atoms with Gasteiger partial charge in [0.2, 0.25) is 0 Å². The first-order valence-electron chi connectivity index (χ1n) is 7.54. The van der Waals surface area contributed by atoms with Crippen LogP contribution in [0.25, 0.3) is 17.4 Å². The molecule has 0 saturated heterocycles. The van der Waals surface area contributed by atoms with Gasteiger partial charge in [0, 0.05) is 21.7 Å². The number of nitrogens with one attached hydrogen (secondary N) is 1. The Balaban J connectivity index is 1.76. The van der Waals surface area contributed by atoms with Gasteiger partial charge in [-0.2, -0.15) is 5.26 Å². The molecule has 1 N–H and O–H groups in total. The average molecular weight is 387 g/mol. The number of nitrogens with zero attached hydrogens (tertiary/aromatic N) is 1. The molecule has 0 aliphatic heterocycles. The van der Waals surface area contributed by atoms with Crippen molar-refractivity contribution in [3.05, 3.63) is 75.9 Å². The van der Waals surface area contributed by atoms with Crippen molar-refractivity contribution in [1.82, 2.24) is 5.32 Å². The van der Waals surface area contributed by atoms with Crippen LogP contribution in [0.15, 0.2) is 63.1 Å². The zero-order valence-electron chi connectivity index (χ0n) is 13.3. The van der Waals surface area contributed by atoms with E-state index < -0.39 is 5.91 Å². The van der Waals surface area contributed by atoms with Crippen LogP contribution in [0, 0.1) is 11.3 Å². The Labute approximate surface area is 159 Å². The third-order valence-electron chi connectivity index (χ3n) is 3.43. The van der Waals surface area contributed by atoms with Gasteiger partial charge in [0.1, 0.15) is 28.9 Å². The van der Waals surface area contributed by atoms with Crippen LogP contribution in [0.1, 0.15) is 11.5 Å². The minimum Gasteiger partial charge on any atom is -0.467 e. The number of halogens is 2. The maximum Gasteiger partial charge on any atom is 0.262 e. The van der Waals surface area contributed by atoms with Gasteiger partial charge in [0.15, 0.2) is 0 Å². The maximum atomic E-state index is 12.1. The normalized spacial score (nSPS) is 11.2. The van der Waals surface area contributed by atoms with E-state index in [1.165, 1.54) is 12.3 Å². The van der Waals surface area contributed by atoms with Crippen LogP contribution in [0.2, 0.25) is 10.0 Å². The second-order valence-electron chi connectivity index (χ2n) is 5.29. The van der Waals surface area contributed by atoms with Gasteiger partial charge in [-0.25, -0.2) is 0 Å². The predicted octanol–water partition coefficient (Wildman–Crippen LogP) is 5.07. The van der Waals surface area contributed by atoms with Gasteiger partial charge >= 0.3 is 0 Å². The lowest BCUT2D eigenvalue weighted by atomic mass is 10.2. The van der Waals surface area contributed by atoms with Crippen LogP contribution >= 0.6 is 23.2 Å². The highest BCUT2D eigenvalue weighted by Crippen LogP contribution is 2.29. The van der Waals surface area contributed by atoms with E-state index >= 15 is 0 Å². The lowest BCUT2D eigenvalue weighted by Gasteiger charge is -2.01. The van der Waals surface area contributed by atoms with E-state index in [9.17, 15) is 10.1 Å². The Bertz CT molecular complexity index is 978. The molecule has 26 heavy (non-hydrogen) atoms. The van der Waals surface area contributed by atoms with E-state index in [2.05, 4.69) is 5.32 Å². The lowest BCUT2D eigenvalue weighted by molar-refractivity contribution is -0.117. The van der Waals surface area contributed by atoms with E-state index in [0.29, 0.717) is 32.9 Å². The Morgan fingerprint density at radius 3 is 2.62 bits per heavy atom. The molecule has 0 unspecified atom stereocenters. The Hall–Kier alpha value is -2.94. The predicted molar refractivity (Wildman–Crippen MR) is 98.3 cm³/mol. The second kappa shape index (κ2) is 7.96. The summed E-state index contributed by atoms with van der Waals surface area (Å²) in [6.45, 7) is 0.190. The summed E-state index contributed by atoms with van der Waals surface area (Å²) < 4.78 is 10.8. The number of hydrogen-bond donors (Lipinski definition) is 1. The van der Waals surface area contributed by atoms with Crippen molar-refractivity contribution >= 4 is 35.2 Å². The van der Waals surface area contributed by atoms with E-state index in [-0.39, 0.29) is 12.1 Å². The summed E-state index contributed by atoms with van der Waals surface area (Å²) in [5.41, 5.74) is 0.615. The standard InChI is InChI=1S/C19H12Cl2N2O3/c20-14-6-12(7-15(21)9-14)18-4-3-16(26-18)8-13(10-22)19(24)23-11-17-2-1-5-25-17/h1-9H,11H2,(H,23,24)/b13-8-. The number of nitriles is 1. The molecule has 0 atom stereocenters. The number of furan rings is 2. The summed E-state index contributed by atoms with van der Waals surface area (Å²) in [4.78, 5) is 12.1. The first-order chi connectivity index (χ1) is 12.5. The minimum absolute atomic E-state index is 0.0819. The van der Waals surface area contributed by atoms with E-state index in [1.54, 1.807) is 42.5 Å². The smallest absolute Gasteiger partial charge is 0.262 e. The molecule has 130 valence electrons. The molecule has 0 bridgehead atoms. The van der Waals surface area contributed by atoms with Gasteiger partial charge in [-0.1, -0.05) is 23.2 Å². The Kier molecular flexibility index (Phi) is 5.47. The fourth-order valence-electron chi connectivity index (χ4n) is 2.25. The molecule has 7 heteroatoms. The molecule has 5 nitrogen and oxygen atoms in total. The molecule has 0 fully saturated rings. The number of hydrogen-bond acceptors (Lipinski definition) is 4. The van der Waals surface area contributed by atoms with Crippen molar-refractivity contribution in [2.45, 2.75) is 6.54 Å². The monoisotopic (exact) mass is 386 g/mol. The highest BCUT2D eigenvalue weighted by atomic mass is 35.5. The fourth-order valence-corrected chi connectivity index (χ4v) is 2.77. The summed E-state index contributed by atoms with van der Waals surface area (Å²) in [5, 5.41) is 12.8. The topological polar surface area (TPSA) is 79.2 Å². The van der Waals surface area contributed by atoms with Crippen LogP contribution in [0.4, 0.5) is 0 Å². The van der Waals surface area contributed by atoms with Crippen molar-refractivity contribution in [2.24, 2.45) is 0 Å². The van der Waals surface area contributed by atoms with Crippen LogP contribution in [0.3, 0.4) is 0 Å². The van der Waals surface area contributed by atoms with Crippen LogP contribution in [-0.4, -0.2) is 5.91 Å². The zero-order chi connectivity index (χ0) is 18.5. The maximum absolute atomic E-state index is 12.1. The quantitative estimate of drug-likeness (QED) is 0.490. The van der Waals surface area contributed by atoms with Gasteiger partial charge in [0.05, 0.1) is 12.8 Å². The van der Waals surface area contributed by atoms with E-state index in [4.69, 9.17) is 32.0 Å². The first kappa shape index (κ1) is 17.9. The largest absolute Gasteiger partial charge is 0.467 e. The van der Waals surface area contributed by atoms with E-state index in [0.717, 1.165) is 0 Å². The minimum atomic E-state index is -0.521. The van der Waals surface area contributed by atoms with Crippen molar-refractivity contribution in [3.8, 4) is 17.4 Å². The second-order valence-corrected chi connectivity index (χ2v) is 6.16. The lowest BCUT2D eigenvalue weighted by Crippen LogP contribution is -2.23. The molecule has 1 amide bonds. The third kappa shape index (κ3) is 4.37. The van der Waals surface area contributed by atoms with Crippen molar-refractivity contribution in [1.29, 1.82) is 5.26 Å². The highest BCUT2D eigenvalue weighted by molar-refractivity contribution is 6.35. The summed E-state index contributed by atoms with van der Waals surface area (Å²) >= 11 is 12.0. The van der Waals surface area contributed by atoms with Gasteiger partial charge < -0.3 is 14.2 Å². The average Bonchev–Trinajstić information content (AvgIpc) is 3.28. The van der Waals surface area contributed by atoms with Crippen molar-refractivity contribution < 1.29 is 13.6 Å². The van der Waals surface area contributed by atoms with Crippen molar-refractivity contribution in [2.75, 3.05) is 0 Å². The highest BCUT2D eigenvalue weighted by Gasteiger charge is 2.12. The fraction of sp³-hybridized carbons (Fsp3) is 0.0526. The SMILES string of the molecule is N#C/C(=C/c1ccc(-c2cc(Cl)cc(Cl)c2)o1)C(=O)NCc1ccco1. The molecule has 3 rings (SSSR count). The van der Waals surface area contributed by atoms with Gasteiger partial charge in [-0.15, -0.1) is 0 Å². The number of rotatable bonds is 5. The third-order valence-corrected chi connectivity index (χ3v) is 3.87. The van der Waals surface area contributed by atoms with Gasteiger partial charge in [-0.05, 0) is 42.5 Å². The number of amides is 1. The molecule has 1 aromatic carbocycles. The summed E-state index contributed by atoms with van der Waals surface area (Å²) in [5.74, 6) is 0.955. The van der Waals surface area contributed by atoms with E-state index in [1.807, 2.05) is 6.07 Å². The zero-order valence-corrected chi connectivity index (χ0v) is 14.8. The van der Waals surface area contributed by atoms with Crippen LogP contribution in [0.5, 0.6) is 0 Å². The molecule has 2 heterocycles. The Morgan fingerprint density at radius 1 is 1.19 bits per heavy atom. The molecule has 0 aliphatic carbocycles. The molecule has 3 aromatic rings. The number of benzene rings is 1. The molecule has 2 aromatic heterocycles. The first-order valence-corrected chi connectivity index (χ1v) is 8.29. The molecule has 0 aliphatic rings. The van der Waals surface area contributed by atoms with Crippen LogP contribution in [-0.2, 0) is 11.3 Å². The number of carbonyl (C=O) groups excluding carboxylic acids is 1. The summed E-state index contributed by atoms with van der Waals surface area (Å²) in [6.07, 6.45) is 2.88. The van der Waals surface area contributed by atoms with Gasteiger partial charge in [-0.3, -0.25) is 4.79 Å². The molecular formula is C19H12Cl2N2O3. The Morgan fingerprint density at radius 2 is 1.96 bits per heavy atom. The molecule has 0 radical (unpaired) electrons. The summed E-state index contributed by atoms with van der Waals surface area (Å²) in [6, 6.07) is 13.7.